The second-order valence-corrected chi connectivity index (χ2v) is 4.56. The number of rotatable bonds is 5. The molecular weight excluding hydrogens is 226 g/mol. The standard InChI is InChI=1S/C14H19N3O/c1-4-11-7-5-6-8-12(11)14-16-13(17-18-14)9-15-10(2)3/h5-8,10,15H,4,9H2,1-3H3. The van der Waals surface area contributed by atoms with Crippen LogP contribution in [0.5, 0.6) is 0 Å². The molecular formula is C14H19N3O. The zero-order valence-electron chi connectivity index (χ0n) is 11.1. The maximum absolute atomic E-state index is 5.32. The molecule has 0 saturated heterocycles. The van der Waals surface area contributed by atoms with E-state index in [0.29, 0.717) is 24.3 Å². The molecule has 0 bridgehead atoms. The van der Waals surface area contributed by atoms with Crippen LogP contribution in [0.1, 0.15) is 32.2 Å². The van der Waals surface area contributed by atoms with Gasteiger partial charge in [0.15, 0.2) is 5.82 Å². The molecule has 18 heavy (non-hydrogen) atoms. The van der Waals surface area contributed by atoms with Crippen LogP contribution in [-0.2, 0) is 13.0 Å². The molecule has 0 atom stereocenters. The molecule has 0 saturated carbocycles. The van der Waals surface area contributed by atoms with Crippen molar-refractivity contribution in [3.63, 3.8) is 0 Å². The number of hydrogen-bond donors (Lipinski definition) is 1. The normalized spacial score (nSPS) is 11.1. The molecule has 0 amide bonds. The molecule has 1 aromatic carbocycles. The maximum Gasteiger partial charge on any atom is 0.258 e. The lowest BCUT2D eigenvalue weighted by atomic mass is 10.1. The Labute approximate surface area is 107 Å². The quantitative estimate of drug-likeness (QED) is 0.880. The van der Waals surface area contributed by atoms with E-state index < -0.39 is 0 Å². The fourth-order valence-corrected chi connectivity index (χ4v) is 1.77. The molecule has 1 N–H and O–H groups in total. The molecule has 0 aliphatic heterocycles. The zero-order valence-corrected chi connectivity index (χ0v) is 11.1. The van der Waals surface area contributed by atoms with Crippen molar-refractivity contribution in [3.8, 4) is 11.5 Å². The van der Waals surface area contributed by atoms with Crippen molar-refractivity contribution in [2.24, 2.45) is 0 Å². The van der Waals surface area contributed by atoms with Crippen LogP contribution in [0, 0.1) is 0 Å². The topological polar surface area (TPSA) is 51.0 Å². The summed E-state index contributed by atoms with van der Waals surface area (Å²) in [4.78, 5) is 4.42. The van der Waals surface area contributed by atoms with Crippen LogP contribution in [-0.4, -0.2) is 16.2 Å². The Kier molecular flexibility index (Phi) is 4.10. The third-order valence-electron chi connectivity index (χ3n) is 2.77. The first-order valence-electron chi connectivity index (χ1n) is 6.35. The van der Waals surface area contributed by atoms with Crippen LogP contribution in [0.3, 0.4) is 0 Å². The van der Waals surface area contributed by atoms with Gasteiger partial charge >= 0.3 is 0 Å². The summed E-state index contributed by atoms with van der Waals surface area (Å²) in [5.74, 6) is 1.30. The Balaban J connectivity index is 2.18. The van der Waals surface area contributed by atoms with Crippen molar-refractivity contribution < 1.29 is 4.52 Å². The van der Waals surface area contributed by atoms with Gasteiger partial charge in [-0.3, -0.25) is 0 Å². The molecule has 4 nitrogen and oxygen atoms in total. The van der Waals surface area contributed by atoms with Crippen LogP contribution in [0.15, 0.2) is 28.8 Å². The van der Waals surface area contributed by atoms with Crippen molar-refractivity contribution in [3.05, 3.63) is 35.7 Å². The van der Waals surface area contributed by atoms with E-state index in [4.69, 9.17) is 4.52 Å². The Morgan fingerprint density at radius 1 is 1.28 bits per heavy atom. The average molecular weight is 245 g/mol. The minimum absolute atomic E-state index is 0.412. The number of nitrogens with one attached hydrogen (secondary N) is 1. The fourth-order valence-electron chi connectivity index (χ4n) is 1.77. The summed E-state index contributed by atoms with van der Waals surface area (Å²) in [6.07, 6.45) is 0.956. The molecule has 0 aliphatic carbocycles. The van der Waals surface area contributed by atoms with E-state index in [2.05, 4.69) is 42.3 Å². The molecule has 96 valence electrons. The zero-order chi connectivity index (χ0) is 13.0. The van der Waals surface area contributed by atoms with Gasteiger partial charge in [0.25, 0.3) is 5.89 Å². The molecule has 1 aromatic heterocycles. The lowest BCUT2D eigenvalue weighted by molar-refractivity contribution is 0.417. The van der Waals surface area contributed by atoms with E-state index in [0.717, 1.165) is 12.0 Å². The van der Waals surface area contributed by atoms with Crippen molar-refractivity contribution in [1.29, 1.82) is 0 Å². The van der Waals surface area contributed by atoms with Gasteiger partial charge in [-0.25, -0.2) is 0 Å². The Bertz CT molecular complexity index is 505. The van der Waals surface area contributed by atoms with Gasteiger partial charge in [0.05, 0.1) is 6.54 Å². The number of benzene rings is 1. The van der Waals surface area contributed by atoms with Crippen LogP contribution < -0.4 is 5.32 Å². The van der Waals surface area contributed by atoms with Gasteiger partial charge in [0.2, 0.25) is 0 Å². The maximum atomic E-state index is 5.32. The molecule has 4 heteroatoms. The van der Waals surface area contributed by atoms with Crippen molar-refractivity contribution in [2.45, 2.75) is 39.8 Å². The van der Waals surface area contributed by atoms with Crippen LogP contribution >= 0.6 is 0 Å². The Hall–Kier alpha value is -1.68. The summed E-state index contributed by atoms with van der Waals surface area (Å²) in [6.45, 7) is 6.94. The predicted octanol–water partition coefficient (Wildman–Crippen LogP) is 2.80. The molecule has 0 aliphatic rings. The minimum Gasteiger partial charge on any atom is -0.334 e. The van der Waals surface area contributed by atoms with E-state index in [9.17, 15) is 0 Å². The molecule has 0 radical (unpaired) electrons. The van der Waals surface area contributed by atoms with Gasteiger partial charge in [-0.15, -0.1) is 0 Å². The van der Waals surface area contributed by atoms with Crippen LogP contribution in [0.2, 0.25) is 0 Å². The van der Waals surface area contributed by atoms with E-state index in [-0.39, 0.29) is 0 Å². The SMILES string of the molecule is CCc1ccccc1-c1nc(CNC(C)C)no1. The second-order valence-electron chi connectivity index (χ2n) is 4.56. The van der Waals surface area contributed by atoms with Crippen molar-refractivity contribution in [2.75, 3.05) is 0 Å². The average Bonchev–Trinajstić information content (AvgIpc) is 2.85. The summed E-state index contributed by atoms with van der Waals surface area (Å²) in [5, 5.41) is 7.26. The summed E-state index contributed by atoms with van der Waals surface area (Å²) >= 11 is 0. The van der Waals surface area contributed by atoms with E-state index in [1.807, 2.05) is 18.2 Å². The monoisotopic (exact) mass is 245 g/mol. The van der Waals surface area contributed by atoms with Crippen molar-refractivity contribution in [1.82, 2.24) is 15.5 Å². The summed E-state index contributed by atoms with van der Waals surface area (Å²) in [6, 6.07) is 8.54. The summed E-state index contributed by atoms with van der Waals surface area (Å²) in [7, 11) is 0. The molecule has 0 spiro atoms. The van der Waals surface area contributed by atoms with Gasteiger partial charge in [-0.05, 0) is 18.1 Å². The number of aryl methyl sites for hydroxylation is 1. The highest BCUT2D eigenvalue weighted by molar-refractivity contribution is 5.58. The van der Waals surface area contributed by atoms with Gasteiger partial charge < -0.3 is 9.84 Å². The summed E-state index contributed by atoms with van der Waals surface area (Å²) in [5.41, 5.74) is 2.26. The lowest BCUT2D eigenvalue weighted by Gasteiger charge is -2.03. The third kappa shape index (κ3) is 2.96. The van der Waals surface area contributed by atoms with Gasteiger partial charge in [-0.2, -0.15) is 4.98 Å². The van der Waals surface area contributed by atoms with E-state index >= 15 is 0 Å². The lowest BCUT2D eigenvalue weighted by Crippen LogP contribution is -2.22. The molecule has 0 unspecified atom stereocenters. The largest absolute Gasteiger partial charge is 0.334 e. The summed E-state index contributed by atoms with van der Waals surface area (Å²) < 4.78 is 5.32. The smallest absolute Gasteiger partial charge is 0.258 e. The highest BCUT2D eigenvalue weighted by Gasteiger charge is 2.11. The third-order valence-corrected chi connectivity index (χ3v) is 2.77. The van der Waals surface area contributed by atoms with Crippen LogP contribution in [0.4, 0.5) is 0 Å². The number of aromatic nitrogens is 2. The molecule has 2 rings (SSSR count). The number of nitrogens with zero attached hydrogens (tertiary/aromatic N) is 2. The Morgan fingerprint density at radius 3 is 2.78 bits per heavy atom. The van der Waals surface area contributed by atoms with E-state index in [1.54, 1.807) is 0 Å². The first kappa shape index (κ1) is 12.8. The molecule has 0 fully saturated rings. The Morgan fingerprint density at radius 2 is 2.06 bits per heavy atom. The first-order valence-corrected chi connectivity index (χ1v) is 6.35. The molecule has 1 heterocycles. The van der Waals surface area contributed by atoms with Gasteiger partial charge in [0, 0.05) is 11.6 Å². The van der Waals surface area contributed by atoms with Crippen molar-refractivity contribution >= 4 is 0 Å². The van der Waals surface area contributed by atoms with Gasteiger partial charge in [0.1, 0.15) is 0 Å². The first-order chi connectivity index (χ1) is 8.70. The minimum atomic E-state index is 0.412. The van der Waals surface area contributed by atoms with Crippen LogP contribution in [0.25, 0.3) is 11.5 Å². The predicted molar refractivity (Wildman–Crippen MR) is 71.1 cm³/mol. The fraction of sp³-hybridized carbons (Fsp3) is 0.429. The van der Waals surface area contributed by atoms with Gasteiger partial charge in [-0.1, -0.05) is 44.1 Å². The number of hydrogen-bond acceptors (Lipinski definition) is 4. The highest BCUT2D eigenvalue weighted by Crippen LogP contribution is 2.22. The second kappa shape index (κ2) is 5.78. The molecule has 2 aromatic rings. The highest BCUT2D eigenvalue weighted by atomic mass is 16.5. The van der Waals surface area contributed by atoms with E-state index in [1.165, 1.54) is 5.56 Å².